The van der Waals surface area contributed by atoms with E-state index in [-0.39, 0.29) is 24.2 Å². The molecule has 3 rings (SSSR count). The number of thiazole rings is 1. The van der Waals surface area contributed by atoms with Crippen LogP contribution in [0, 0.1) is 11.8 Å². The van der Waals surface area contributed by atoms with Gasteiger partial charge in [-0.2, -0.15) is 0 Å². The van der Waals surface area contributed by atoms with Crippen LogP contribution in [0.15, 0.2) is 29.9 Å². The second-order valence-electron chi connectivity index (χ2n) is 6.36. The molecule has 7 heteroatoms. The van der Waals surface area contributed by atoms with E-state index in [0.29, 0.717) is 24.1 Å². The number of likely N-dealkylation sites (tertiary alicyclic amines) is 1. The van der Waals surface area contributed by atoms with Gasteiger partial charge in [-0.25, -0.2) is 4.98 Å². The third-order valence-electron chi connectivity index (χ3n) is 3.86. The van der Waals surface area contributed by atoms with Crippen LogP contribution < -0.4 is 5.32 Å². The van der Waals surface area contributed by atoms with Crippen molar-refractivity contribution in [1.29, 1.82) is 0 Å². The number of rotatable bonds is 5. The normalized spacial score (nSPS) is 17.5. The highest BCUT2D eigenvalue weighted by Crippen LogP contribution is 2.26. The summed E-state index contributed by atoms with van der Waals surface area (Å²) in [6.45, 7) is 5.32. The number of nitrogens with one attached hydrogen (secondary N) is 1. The number of nitrogens with zero attached hydrogens (tertiary/aromatic N) is 3. The predicted molar refractivity (Wildman–Crippen MR) is 93.5 cm³/mol. The fourth-order valence-corrected chi connectivity index (χ4v) is 3.47. The highest BCUT2D eigenvalue weighted by molar-refractivity contribution is 7.14. The maximum Gasteiger partial charge on any atom is 0.231 e. The first kappa shape index (κ1) is 16.6. The van der Waals surface area contributed by atoms with Crippen molar-refractivity contribution in [3.8, 4) is 11.3 Å². The third-order valence-corrected chi connectivity index (χ3v) is 4.62. The van der Waals surface area contributed by atoms with Crippen LogP contribution in [0.5, 0.6) is 0 Å². The van der Waals surface area contributed by atoms with E-state index in [9.17, 15) is 9.59 Å². The zero-order valence-corrected chi connectivity index (χ0v) is 14.5. The van der Waals surface area contributed by atoms with Crippen LogP contribution in [0.3, 0.4) is 0 Å². The number of hydrogen-bond acceptors (Lipinski definition) is 5. The lowest BCUT2D eigenvalue weighted by Gasteiger charge is -2.18. The van der Waals surface area contributed by atoms with Crippen LogP contribution in [0.2, 0.25) is 0 Å². The Morgan fingerprint density at radius 1 is 1.50 bits per heavy atom. The van der Waals surface area contributed by atoms with Crippen molar-refractivity contribution >= 4 is 28.3 Å². The van der Waals surface area contributed by atoms with Crippen LogP contribution in [0.4, 0.5) is 5.13 Å². The number of amides is 2. The van der Waals surface area contributed by atoms with Crippen molar-refractivity contribution in [1.82, 2.24) is 14.9 Å². The van der Waals surface area contributed by atoms with Crippen LogP contribution in [-0.2, 0) is 9.59 Å². The van der Waals surface area contributed by atoms with Gasteiger partial charge in [0.2, 0.25) is 11.8 Å². The smallest absolute Gasteiger partial charge is 0.231 e. The van der Waals surface area contributed by atoms with E-state index >= 15 is 0 Å². The minimum Gasteiger partial charge on any atom is -0.342 e. The predicted octanol–water partition coefficient (Wildman–Crippen LogP) is 2.65. The summed E-state index contributed by atoms with van der Waals surface area (Å²) < 4.78 is 0. The molecule has 1 atom stereocenters. The first-order valence-electron chi connectivity index (χ1n) is 7.97. The first-order valence-corrected chi connectivity index (χ1v) is 8.85. The van der Waals surface area contributed by atoms with Gasteiger partial charge in [-0.05, 0) is 18.1 Å². The van der Waals surface area contributed by atoms with Crippen molar-refractivity contribution in [2.45, 2.75) is 20.3 Å². The molecule has 0 spiro atoms. The van der Waals surface area contributed by atoms with E-state index in [0.717, 1.165) is 11.3 Å². The van der Waals surface area contributed by atoms with Gasteiger partial charge in [0.05, 0.1) is 11.6 Å². The molecule has 2 aromatic heterocycles. The molecule has 3 heterocycles. The van der Waals surface area contributed by atoms with E-state index in [1.807, 2.05) is 17.5 Å². The van der Waals surface area contributed by atoms with Gasteiger partial charge in [-0.3, -0.25) is 14.6 Å². The third kappa shape index (κ3) is 3.79. The van der Waals surface area contributed by atoms with E-state index in [4.69, 9.17) is 0 Å². The summed E-state index contributed by atoms with van der Waals surface area (Å²) in [4.78, 5) is 34.7. The van der Waals surface area contributed by atoms with E-state index in [1.165, 1.54) is 11.3 Å². The van der Waals surface area contributed by atoms with Crippen LogP contribution in [-0.4, -0.2) is 39.8 Å². The van der Waals surface area contributed by atoms with Crippen molar-refractivity contribution in [2.75, 3.05) is 18.4 Å². The fourth-order valence-electron chi connectivity index (χ4n) is 2.75. The van der Waals surface area contributed by atoms with Crippen LogP contribution in [0.25, 0.3) is 11.3 Å². The quantitative estimate of drug-likeness (QED) is 0.905. The average molecular weight is 344 g/mol. The molecule has 1 aliphatic rings. The van der Waals surface area contributed by atoms with Crippen molar-refractivity contribution < 1.29 is 9.59 Å². The zero-order chi connectivity index (χ0) is 17.1. The largest absolute Gasteiger partial charge is 0.342 e. The molecule has 0 radical (unpaired) electrons. The zero-order valence-electron chi connectivity index (χ0n) is 13.7. The molecule has 126 valence electrons. The molecule has 2 amide bonds. The molecule has 1 N–H and O–H groups in total. The summed E-state index contributed by atoms with van der Waals surface area (Å²) >= 11 is 1.37. The van der Waals surface area contributed by atoms with Gasteiger partial charge < -0.3 is 10.2 Å². The van der Waals surface area contributed by atoms with Gasteiger partial charge in [0.15, 0.2) is 5.13 Å². The molecule has 0 bridgehead atoms. The molecule has 1 aliphatic heterocycles. The Bertz CT molecular complexity index is 729. The standard InChI is InChI=1S/C17H20N4O2S/c1-11(2)8-21-9-13(6-15(21)22)16(23)20-17-19-14(10-24-17)12-4-3-5-18-7-12/h3-5,7,10-11,13H,6,8-9H2,1-2H3,(H,19,20,23)/t13-/m0/s1. The molecular weight excluding hydrogens is 324 g/mol. The molecule has 1 fully saturated rings. The Morgan fingerprint density at radius 2 is 2.33 bits per heavy atom. The van der Waals surface area contributed by atoms with Gasteiger partial charge in [-0.15, -0.1) is 11.3 Å². The number of anilines is 1. The SMILES string of the molecule is CC(C)CN1C[C@@H](C(=O)Nc2nc(-c3cccnc3)cs2)CC1=O. The molecule has 24 heavy (non-hydrogen) atoms. The summed E-state index contributed by atoms with van der Waals surface area (Å²) in [6, 6.07) is 3.77. The summed E-state index contributed by atoms with van der Waals surface area (Å²) in [5.74, 6) is 0.0134. The monoisotopic (exact) mass is 344 g/mol. The minimum absolute atomic E-state index is 0.0547. The van der Waals surface area contributed by atoms with Crippen LogP contribution >= 0.6 is 11.3 Å². The maximum atomic E-state index is 12.4. The molecule has 6 nitrogen and oxygen atoms in total. The second kappa shape index (κ2) is 7.09. The van der Waals surface area contributed by atoms with Gasteiger partial charge in [0.25, 0.3) is 0 Å². The fraction of sp³-hybridized carbons (Fsp3) is 0.412. The van der Waals surface area contributed by atoms with Crippen LogP contribution in [0.1, 0.15) is 20.3 Å². The van der Waals surface area contributed by atoms with Gasteiger partial charge in [0, 0.05) is 42.8 Å². The van der Waals surface area contributed by atoms with Crippen molar-refractivity contribution in [2.24, 2.45) is 11.8 Å². The summed E-state index contributed by atoms with van der Waals surface area (Å²) in [5, 5.41) is 5.27. The molecule has 0 aliphatic carbocycles. The molecule has 0 aromatic carbocycles. The lowest BCUT2D eigenvalue weighted by atomic mass is 10.1. The van der Waals surface area contributed by atoms with Gasteiger partial charge in [-0.1, -0.05) is 13.8 Å². The molecular formula is C17H20N4O2S. The lowest BCUT2D eigenvalue weighted by molar-refractivity contribution is -0.128. The summed E-state index contributed by atoms with van der Waals surface area (Å²) in [6.07, 6.45) is 3.72. The highest BCUT2D eigenvalue weighted by atomic mass is 32.1. The Labute approximate surface area is 144 Å². The molecule has 0 saturated carbocycles. The van der Waals surface area contributed by atoms with Gasteiger partial charge in [0.1, 0.15) is 0 Å². The maximum absolute atomic E-state index is 12.4. The molecule has 1 saturated heterocycles. The minimum atomic E-state index is -0.304. The Morgan fingerprint density at radius 3 is 3.04 bits per heavy atom. The second-order valence-corrected chi connectivity index (χ2v) is 7.22. The Hall–Kier alpha value is -2.28. The number of carbonyl (C=O) groups is 2. The molecule has 0 unspecified atom stereocenters. The number of pyridine rings is 1. The average Bonchev–Trinajstić information content (AvgIpc) is 3.15. The number of hydrogen-bond donors (Lipinski definition) is 1. The van der Waals surface area contributed by atoms with Crippen molar-refractivity contribution in [3.63, 3.8) is 0 Å². The lowest BCUT2D eigenvalue weighted by Crippen LogP contribution is -2.31. The summed E-state index contributed by atoms with van der Waals surface area (Å²) in [5.41, 5.74) is 1.70. The highest BCUT2D eigenvalue weighted by Gasteiger charge is 2.34. The molecule has 2 aromatic rings. The van der Waals surface area contributed by atoms with E-state index < -0.39 is 0 Å². The number of aromatic nitrogens is 2. The first-order chi connectivity index (χ1) is 11.5. The number of carbonyl (C=O) groups excluding carboxylic acids is 2. The van der Waals surface area contributed by atoms with E-state index in [2.05, 4.69) is 29.1 Å². The topological polar surface area (TPSA) is 75.2 Å². The Balaban J connectivity index is 1.62. The Kier molecular flexibility index (Phi) is 4.89. The van der Waals surface area contributed by atoms with Crippen molar-refractivity contribution in [3.05, 3.63) is 29.9 Å². The summed E-state index contributed by atoms with van der Waals surface area (Å²) in [7, 11) is 0. The van der Waals surface area contributed by atoms with Gasteiger partial charge >= 0.3 is 0 Å². The van der Waals surface area contributed by atoms with E-state index in [1.54, 1.807) is 17.3 Å².